The molecule has 330 valence electrons. The molecule has 1 saturated carbocycles. The van der Waals surface area contributed by atoms with E-state index in [4.69, 9.17) is 23.2 Å². The Morgan fingerprint density at radius 2 is 1.59 bits per heavy atom. The molecule has 0 radical (unpaired) electrons. The molecule has 4 atom stereocenters. The largest absolute Gasteiger partial charge is 0.382 e. The number of benzene rings is 4. The number of halogens is 3. The molecule has 0 aromatic heterocycles. The standard InChI is InChI=1S/C48H46Cl2FN7O6/c49-27-12-15-33-36(24-27)54-46(64)48(33)39(31-7-4-8-34(50)40(31)51)41(56-47(48)20-2-1-3-21-47)43(61)53-28-13-10-26(11-14-28)44(62)57-22-18-29(19-23-57)52-35-9-5-6-30-32(35)25-58(45(30)63)37-16-17-38(59)55-42(37)60/h4-15,24,29,37,39,41,52,56H,1-3,16-23,25H2,(H,53,61)(H,54,64)(H,55,59,60)/t37?,39-,41+,48+/m0/s1. The van der Waals surface area contributed by atoms with Gasteiger partial charge in [-0.25, -0.2) is 4.39 Å². The molecule has 3 saturated heterocycles. The summed E-state index contributed by atoms with van der Waals surface area (Å²) in [4.78, 5) is 84.0. The van der Waals surface area contributed by atoms with Crippen molar-refractivity contribution in [2.75, 3.05) is 29.0 Å². The van der Waals surface area contributed by atoms with Gasteiger partial charge in [-0.15, -0.1) is 0 Å². The topological polar surface area (TPSA) is 169 Å². The SMILES string of the molecule is O=C1CCC(N2Cc3c(NC4CCN(C(=O)c5ccc(NC(=O)[C@@H]6NC7(CCCCC7)[C@@]7(C(=O)Nc8cc(Cl)ccc87)[C@H]6c6cccc(Cl)c6F)cc5)CC4)cccc3C2=O)C(=O)N1. The van der Waals surface area contributed by atoms with Gasteiger partial charge in [0.1, 0.15) is 17.3 Å². The van der Waals surface area contributed by atoms with Gasteiger partial charge in [-0.1, -0.05) is 66.7 Å². The van der Waals surface area contributed by atoms with Gasteiger partial charge in [0.15, 0.2) is 0 Å². The van der Waals surface area contributed by atoms with E-state index >= 15 is 4.39 Å². The Labute approximate surface area is 378 Å². The summed E-state index contributed by atoms with van der Waals surface area (Å²) in [7, 11) is 0. The summed E-state index contributed by atoms with van der Waals surface area (Å²) in [6, 6.07) is 20.4. The molecule has 4 aromatic carbocycles. The molecule has 5 N–H and O–H groups in total. The summed E-state index contributed by atoms with van der Waals surface area (Å²) in [5, 5.41) is 16.0. The van der Waals surface area contributed by atoms with Crippen LogP contribution >= 0.6 is 23.2 Å². The summed E-state index contributed by atoms with van der Waals surface area (Å²) < 4.78 is 16.3. The Kier molecular flexibility index (Phi) is 10.7. The predicted octanol–water partition coefficient (Wildman–Crippen LogP) is 6.90. The normalized spacial score (nSPS) is 25.0. The second-order valence-corrected chi connectivity index (χ2v) is 18.7. The van der Waals surface area contributed by atoms with E-state index in [-0.39, 0.29) is 59.6 Å². The second kappa shape index (κ2) is 16.3. The van der Waals surface area contributed by atoms with Crippen LogP contribution in [-0.4, -0.2) is 82.0 Å². The zero-order valence-electron chi connectivity index (χ0n) is 34.8. The number of piperidine rings is 2. The number of anilines is 3. The number of hydrogen-bond donors (Lipinski definition) is 5. The van der Waals surface area contributed by atoms with E-state index < -0.39 is 46.6 Å². The number of fused-ring (bicyclic) bond motifs is 4. The molecule has 5 aliphatic heterocycles. The maximum atomic E-state index is 16.3. The van der Waals surface area contributed by atoms with Crippen molar-refractivity contribution >= 4 is 75.7 Å². The molecule has 5 heterocycles. The molecule has 0 bridgehead atoms. The molecule has 1 aliphatic carbocycles. The molecule has 16 heteroatoms. The highest BCUT2D eigenvalue weighted by atomic mass is 35.5. The average Bonchev–Trinajstić information content (AvgIpc) is 3.89. The van der Waals surface area contributed by atoms with Gasteiger partial charge in [0.05, 0.1) is 11.1 Å². The molecule has 4 aromatic rings. The van der Waals surface area contributed by atoms with Crippen LogP contribution in [0.1, 0.15) is 101 Å². The molecule has 10 rings (SSSR count). The molecule has 4 fully saturated rings. The van der Waals surface area contributed by atoms with Crippen LogP contribution in [0.15, 0.2) is 78.9 Å². The van der Waals surface area contributed by atoms with Gasteiger partial charge in [-0.05, 0) is 97.8 Å². The van der Waals surface area contributed by atoms with E-state index in [2.05, 4.69) is 26.6 Å². The first-order valence-electron chi connectivity index (χ1n) is 21.9. The van der Waals surface area contributed by atoms with Gasteiger partial charge in [-0.2, -0.15) is 0 Å². The lowest BCUT2D eigenvalue weighted by Gasteiger charge is -2.47. The Bertz CT molecular complexity index is 2630. The van der Waals surface area contributed by atoms with Crippen molar-refractivity contribution in [3.8, 4) is 0 Å². The van der Waals surface area contributed by atoms with Crippen LogP contribution in [0.5, 0.6) is 0 Å². The fourth-order valence-electron chi connectivity index (χ4n) is 11.5. The van der Waals surface area contributed by atoms with E-state index in [0.29, 0.717) is 71.9 Å². The number of nitrogens with one attached hydrogen (secondary N) is 5. The number of carbonyl (C=O) groups excluding carboxylic acids is 6. The van der Waals surface area contributed by atoms with E-state index in [9.17, 15) is 28.8 Å². The highest BCUT2D eigenvalue weighted by Gasteiger charge is 2.72. The van der Waals surface area contributed by atoms with E-state index in [1.807, 2.05) is 18.2 Å². The Balaban J connectivity index is 0.833. The van der Waals surface area contributed by atoms with Gasteiger partial charge in [-0.3, -0.25) is 39.4 Å². The molecule has 6 amide bonds. The summed E-state index contributed by atoms with van der Waals surface area (Å²) in [5.74, 6) is -3.61. The number of likely N-dealkylation sites (tertiary alicyclic amines) is 1. The Morgan fingerprint density at radius 1 is 0.844 bits per heavy atom. The molecule has 64 heavy (non-hydrogen) atoms. The first kappa shape index (κ1) is 42.1. The highest BCUT2D eigenvalue weighted by molar-refractivity contribution is 6.31. The van der Waals surface area contributed by atoms with Crippen molar-refractivity contribution in [3.05, 3.63) is 123 Å². The van der Waals surface area contributed by atoms with Crippen LogP contribution < -0.4 is 26.6 Å². The van der Waals surface area contributed by atoms with Gasteiger partial charge in [0.25, 0.3) is 11.8 Å². The summed E-state index contributed by atoms with van der Waals surface area (Å²) in [6.45, 7) is 1.25. The van der Waals surface area contributed by atoms with Crippen LogP contribution in [0.25, 0.3) is 0 Å². The summed E-state index contributed by atoms with van der Waals surface area (Å²) in [6.07, 6.45) is 5.58. The first-order chi connectivity index (χ1) is 30.9. The summed E-state index contributed by atoms with van der Waals surface area (Å²) in [5.41, 5.74) is 2.17. The van der Waals surface area contributed by atoms with Gasteiger partial charge >= 0.3 is 0 Å². The van der Waals surface area contributed by atoms with E-state index in [1.165, 1.54) is 11.0 Å². The molecular weight excluding hydrogens is 860 g/mol. The minimum atomic E-state index is -1.36. The van der Waals surface area contributed by atoms with Crippen LogP contribution in [0.4, 0.5) is 21.5 Å². The number of carbonyl (C=O) groups is 6. The number of hydrogen-bond acceptors (Lipinski definition) is 8. The van der Waals surface area contributed by atoms with Crippen molar-refractivity contribution in [1.82, 2.24) is 20.4 Å². The van der Waals surface area contributed by atoms with Gasteiger partial charge in [0.2, 0.25) is 23.6 Å². The van der Waals surface area contributed by atoms with Crippen LogP contribution in [0.2, 0.25) is 10.0 Å². The van der Waals surface area contributed by atoms with Crippen molar-refractivity contribution in [1.29, 1.82) is 0 Å². The third-order valence-electron chi connectivity index (χ3n) is 14.4. The van der Waals surface area contributed by atoms with Crippen LogP contribution in [0.3, 0.4) is 0 Å². The van der Waals surface area contributed by atoms with Crippen LogP contribution in [-0.2, 0) is 31.1 Å². The lowest BCUT2D eigenvalue weighted by atomic mass is 9.55. The average molecular weight is 907 g/mol. The van der Waals surface area contributed by atoms with Crippen molar-refractivity contribution in [2.45, 2.75) is 99.3 Å². The molecule has 13 nitrogen and oxygen atoms in total. The zero-order chi connectivity index (χ0) is 44.5. The quantitative estimate of drug-likeness (QED) is 0.125. The van der Waals surface area contributed by atoms with Crippen molar-refractivity contribution in [2.24, 2.45) is 0 Å². The number of imide groups is 1. The number of amides is 6. The van der Waals surface area contributed by atoms with Gasteiger partial charge < -0.3 is 25.8 Å². The van der Waals surface area contributed by atoms with Gasteiger partial charge in [0, 0.05) is 82.3 Å². The first-order valence-corrected chi connectivity index (χ1v) is 22.7. The lowest BCUT2D eigenvalue weighted by Crippen LogP contribution is -2.60. The van der Waals surface area contributed by atoms with Crippen LogP contribution in [0, 0.1) is 5.82 Å². The number of rotatable bonds is 7. The Hall–Kier alpha value is -5.83. The second-order valence-electron chi connectivity index (χ2n) is 17.8. The van der Waals surface area contributed by atoms with E-state index in [1.54, 1.807) is 59.5 Å². The van der Waals surface area contributed by atoms with E-state index in [0.717, 1.165) is 30.5 Å². The highest BCUT2D eigenvalue weighted by Crippen LogP contribution is 2.63. The fourth-order valence-corrected chi connectivity index (χ4v) is 11.8. The predicted molar refractivity (Wildman–Crippen MR) is 239 cm³/mol. The maximum Gasteiger partial charge on any atom is 0.255 e. The van der Waals surface area contributed by atoms with Crippen molar-refractivity contribution < 1.29 is 33.2 Å². The van der Waals surface area contributed by atoms with Crippen molar-refractivity contribution in [3.63, 3.8) is 0 Å². The molecule has 2 spiro atoms. The Morgan fingerprint density at radius 3 is 2.34 bits per heavy atom. The minimum absolute atomic E-state index is 0.0368. The lowest BCUT2D eigenvalue weighted by molar-refractivity contribution is -0.137. The molecular formula is C48H46Cl2FN7O6. The molecule has 6 aliphatic rings. The molecule has 1 unspecified atom stereocenters. The monoisotopic (exact) mass is 905 g/mol. The zero-order valence-corrected chi connectivity index (χ0v) is 36.3. The third kappa shape index (κ3) is 6.83. The smallest absolute Gasteiger partial charge is 0.255 e. The number of nitrogens with zero attached hydrogens (tertiary/aromatic N) is 2. The third-order valence-corrected chi connectivity index (χ3v) is 15.0. The summed E-state index contributed by atoms with van der Waals surface area (Å²) >= 11 is 12.8. The maximum absolute atomic E-state index is 16.3. The minimum Gasteiger partial charge on any atom is -0.382 e. The fraction of sp³-hybridized carbons (Fsp3) is 0.375.